The molecule has 1 amide bonds. The second-order valence-electron chi connectivity index (χ2n) is 6.14. The number of benzene rings is 2. The highest BCUT2D eigenvalue weighted by Gasteiger charge is 2.10. The van der Waals surface area contributed by atoms with Crippen LogP contribution in [-0.2, 0) is 11.2 Å². The molecule has 1 atom stereocenters. The van der Waals surface area contributed by atoms with E-state index in [0.29, 0.717) is 5.75 Å². The van der Waals surface area contributed by atoms with Gasteiger partial charge in [-0.15, -0.1) is 0 Å². The van der Waals surface area contributed by atoms with Crippen molar-refractivity contribution < 1.29 is 9.53 Å². The van der Waals surface area contributed by atoms with Crippen molar-refractivity contribution in [2.45, 2.75) is 26.3 Å². The van der Waals surface area contributed by atoms with Gasteiger partial charge in [-0.2, -0.15) is 0 Å². The van der Waals surface area contributed by atoms with Crippen molar-refractivity contribution in [1.29, 1.82) is 0 Å². The van der Waals surface area contributed by atoms with Crippen LogP contribution in [0.2, 0.25) is 0 Å². The molecule has 1 heterocycles. The molecule has 0 fully saturated rings. The average Bonchev–Trinajstić information content (AvgIpc) is 3.21. The Kier molecular flexibility index (Phi) is 5.69. The third-order valence-electron chi connectivity index (χ3n) is 4.27. The van der Waals surface area contributed by atoms with E-state index in [2.05, 4.69) is 17.2 Å². The van der Waals surface area contributed by atoms with Crippen LogP contribution < -0.4 is 10.1 Å². The Hall–Kier alpha value is -3.08. The molecule has 134 valence electrons. The summed E-state index contributed by atoms with van der Waals surface area (Å²) < 4.78 is 7.48. The highest BCUT2D eigenvalue weighted by atomic mass is 16.5. The number of aryl methyl sites for hydroxylation is 1. The molecular formula is C21H23N3O2. The Bertz CT molecular complexity index is 825. The number of hydrogen-bond donors (Lipinski definition) is 1. The largest absolute Gasteiger partial charge is 0.484 e. The smallest absolute Gasteiger partial charge is 0.258 e. The molecule has 0 saturated carbocycles. The summed E-state index contributed by atoms with van der Waals surface area (Å²) in [4.78, 5) is 16.2. The number of rotatable bonds is 7. The van der Waals surface area contributed by atoms with E-state index in [-0.39, 0.29) is 18.6 Å². The van der Waals surface area contributed by atoms with Gasteiger partial charge in [0.2, 0.25) is 0 Å². The van der Waals surface area contributed by atoms with Crippen LogP contribution in [0.25, 0.3) is 5.69 Å². The van der Waals surface area contributed by atoms with E-state index in [0.717, 1.165) is 17.7 Å². The summed E-state index contributed by atoms with van der Waals surface area (Å²) in [7, 11) is 0. The molecule has 0 aliphatic rings. The first-order chi connectivity index (χ1) is 12.7. The monoisotopic (exact) mass is 349 g/mol. The molecule has 0 spiro atoms. The zero-order valence-electron chi connectivity index (χ0n) is 15.1. The summed E-state index contributed by atoms with van der Waals surface area (Å²) in [6, 6.07) is 15.7. The number of nitrogens with one attached hydrogen (secondary N) is 1. The van der Waals surface area contributed by atoms with E-state index in [1.165, 1.54) is 5.56 Å². The molecule has 0 radical (unpaired) electrons. The van der Waals surface area contributed by atoms with Crippen LogP contribution in [0, 0.1) is 0 Å². The average molecular weight is 349 g/mol. The molecule has 26 heavy (non-hydrogen) atoms. The topological polar surface area (TPSA) is 56.1 Å². The van der Waals surface area contributed by atoms with Crippen LogP contribution in [0.4, 0.5) is 0 Å². The maximum Gasteiger partial charge on any atom is 0.258 e. The van der Waals surface area contributed by atoms with Crippen LogP contribution in [0.1, 0.15) is 31.0 Å². The van der Waals surface area contributed by atoms with Crippen LogP contribution >= 0.6 is 0 Å². The van der Waals surface area contributed by atoms with Crippen molar-refractivity contribution in [3.05, 3.63) is 78.4 Å². The Morgan fingerprint density at radius 2 is 1.88 bits per heavy atom. The highest BCUT2D eigenvalue weighted by Crippen LogP contribution is 2.16. The van der Waals surface area contributed by atoms with Crippen molar-refractivity contribution in [1.82, 2.24) is 14.9 Å². The van der Waals surface area contributed by atoms with Crippen LogP contribution in [-0.4, -0.2) is 22.1 Å². The summed E-state index contributed by atoms with van der Waals surface area (Å²) in [5.41, 5.74) is 3.31. The first-order valence-electron chi connectivity index (χ1n) is 8.75. The number of ether oxygens (including phenoxy) is 1. The van der Waals surface area contributed by atoms with Crippen molar-refractivity contribution in [3.8, 4) is 11.4 Å². The third kappa shape index (κ3) is 4.51. The maximum absolute atomic E-state index is 12.1. The van der Waals surface area contributed by atoms with E-state index >= 15 is 0 Å². The summed E-state index contributed by atoms with van der Waals surface area (Å²) >= 11 is 0. The van der Waals surface area contributed by atoms with Gasteiger partial charge >= 0.3 is 0 Å². The molecule has 0 saturated heterocycles. The second-order valence-corrected chi connectivity index (χ2v) is 6.14. The van der Waals surface area contributed by atoms with Crippen molar-refractivity contribution in [2.24, 2.45) is 0 Å². The molecule has 3 rings (SSSR count). The number of amides is 1. The maximum atomic E-state index is 12.1. The van der Waals surface area contributed by atoms with Crippen molar-refractivity contribution in [2.75, 3.05) is 6.61 Å². The summed E-state index contributed by atoms with van der Waals surface area (Å²) in [5, 5.41) is 2.96. The lowest BCUT2D eigenvalue weighted by atomic mass is 10.1. The zero-order valence-corrected chi connectivity index (χ0v) is 15.1. The van der Waals surface area contributed by atoms with Gasteiger partial charge in [-0.05, 0) is 48.7 Å². The number of imidazole rings is 1. The lowest BCUT2D eigenvalue weighted by Crippen LogP contribution is -2.31. The molecular weight excluding hydrogens is 326 g/mol. The predicted octanol–water partition coefficient (Wildman–Crippen LogP) is 3.69. The van der Waals surface area contributed by atoms with E-state index < -0.39 is 0 Å². The normalized spacial score (nSPS) is 11.8. The van der Waals surface area contributed by atoms with E-state index in [1.54, 1.807) is 12.5 Å². The fourth-order valence-electron chi connectivity index (χ4n) is 2.68. The van der Waals surface area contributed by atoms with Gasteiger partial charge in [0.15, 0.2) is 6.61 Å². The number of carbonyl (C=O) groups is 1. The molecule has 0 aliphatic heterocycles. The zero-order chi connectivity index (χ0) is 18.4. The molecule has 1 N–H and O–H groups in total. The Morgan fingerprint density at radius 3 is 2.50 bits per heavy atom. The van der Waals surface area contributed by atoms with E-state index in [4.69, 9.17) is 4.74 Å². The Balaban J connectivity index is 1.51. The highest BCUT2D eigenvalue weighted by molar-refractivity contribution is 5.78. The number of hydrogen-bond acceptors (Lipinski definition) is 3. The predicted molar refractivity (Wildman–Crippen MR) is 101 cm³/mol. The molecule has 3 aromatic rings. The fourth-order valence-corrected chi connectivity index (χ4v) is 2.68. The quantitative estimate of drug-likeness (QED) is 0.708. The molecule has 1 aromatic heterocycles. The minimum Gasteiger partial charge on any atom is -0.484 e. The molecule has 0 aliphatic carbocycles. The minimum absolute atomic E-state index is 0.00291. The molecule has 0 bridgehead atoms. The summed E-state index contributed by atoms with van der Waals surface area (Å²) in [5.74, 6) is 0.561. The van der Waals surface area contributed by atoms with Gasteiger partial charge in [0, 0.05) is 18.1 Å². The van der Waals surface area contributed by atoms with E-state index in [1.807, 2.05) is 66.2 Å². The molecule has 5 nitrogen and oxygen atoms in total. The van der Waals surface area contributed by atoms with Gasteiger partial charge in [-0.1, -0.05) is 31.2 Å². The van der Waals surface area contributed by atoms with Gasteiger partial charge in [0.05, 0.1) is 12.4 Å². The van der Waals surface area contributed by atoms with Gasteiger partial charge in [-0.3, -0.25) is 4.79 Å². The van der Waals surface area contributed by atoms with E-state index in [9.17, 15) is 4.79 Å². The van der Waals surface area contributed by atoms with Crippen molar-refractivity contribution in [3.63, 3.8) is 0 Å². The lowest BCUT2D eigenvalue weighted by molar-refractivity contribution is -0.123. The second kappa shape index (κ2) is 8.34. The number of aromatic nitrogens is 2. The first-order valence-corrected chi connectivity index (χ1v) is 8.75. The van der Waals surface area contributed by atoms with Crippen LogP contribution in [0.15, 0.2) is 67.3 Å². The Labute approximate surface area is 153 Å². The van der Waals surface area contributed by atoms with Crippen LogP contribution in [0.5, 0.6) is 5.75 Å². The van der Waals surface area contributed by atoms with Gasteiger partial charge in [-0.25, -0.2) is 4.98 Å². The number of nitrogens with zero attached hydrogens (tertiary/aromatic N) is 2. The number of carbonyl (C=O) groups excluding carboxylic acids is 1. The van der Waals surface area contributed by atoms with Gasteiger partial charge in [0.1, 0.15) is 5.75 Å². The molecule has 5 heteroatoms. The standard InChI is InChI=1S/C21H23N3O2/c1-3-17-4-10-20(11-5-17)26-14-21(25)23-16(2)18-6-8-19(9-7-18)24-13-12-22-15-24/h4-13,15-16H,3,14H2,1-2H3,(H,23,25). The lowest BCUT2D eigenvalue weighted by Gasteiger charge is -2.15. The van der Waals surface area contributed by atoms with Gasteiger partial charge < -0.3 is 14.6 Å². The molecule has 1 unspecified atom stereocenters. The SMILES string of the molecule is CCc1ccc(OCC(=O)NC(C)c2ccc(-n3ccnc3)cc2)cc1. The van der Waals surface area contributed by atoms with Gasteiger partial charge in [0.25, 0.3) is 5.91 Å². The first kappa shape index (κ1) is 17.7. The Morgan fingerprint density at radius 1 is 1.15 bits per heavy atom. The van der Waals surface area contributed by atoms with Crippen LogP contribution in [0.3, 0.4) is 0 Å². The third-order valence-corrected chi connectivity index (χ3v) is 4.27. The van der Waals surface area contributed by atoms with Crippen molar-refractivity contribution >= 4 is 5.91 Å². The fraction of sp³-hybridized carbons (Fsp3) is 0.238. The minimum atomic E-state index is -0.143. The molecule has 2 aromatic carbocycles. The summed E-state index contributed by atoms with van der Waals surface area (Å²) in [6.07, 6.45) is 6.37. The summed E-state index contributed by atoms with van der Waals surface area (Å²) in [6.45, 7) is 4.07.